The SMILES string of the molecule is COC(=O)C=CC(=O)OCCOC(=O)[C@@H](NC(=O)OC(C)(C)C)C(C)C. The van der Waals surface area contributed by atoms with Crippen LogP contribution in [-0.4, -0.2) is 56.0 Å². The minimum absolute atomic E-state index is 0.199. The minimum Gasteiger partial charge on any atom is -0.466 e. The fourth-order valence-electron chi connectivity index (χ4n) is 1.56. The van der Waals surface area contributed by atoms with Crippen LogP contribution in [0.1, 0.15) is 34.6 Å². The van der Waals surface area contributed by atoms with Crippen LogP contribution in [-0.2, 0) is 33.3 Å². The summed E-state index contributed by atoms with van der Waals surface area (Å²) in [6.45, 7) is 8.19. The van der Waals surface area contributed by atoms with Crippen LogP contribution in [0.4, 0.5) is 4.79 Å². The number of methoxy groups -OCH3 is 1. The molecule has 9 nitrogen and oxygen atoms in total. The molecule has 0 aromatic rings. The van der Waals surface area contributed by atoms with Crippen LogP contribution in [0.3, 0.4) is 0 Å². The third kappa shape index (κ3) is 11.1. The van der Waals surface area contributed by atoms with Gasteiger partial charge >= 0.3 is 24.0 Å². The third-order valence-electron chi connectivity index (χ3n) is 2.72. The first-order valence-corrected chi connectivity index (χ1v) is 8.05. The van der Waals surface area contributed by atoms with Gasteiger partial charge in [0.25, 0.3) is 0 Å². The van der Waals surface area contributed by atoms with Crippen molar-refractivity contribution in [2.24, 2.45) is 5.92 Å². The summed E-state index contributed by atoms with van der Waals surface area (Å²) in [7, 11) is 1.17. The summed E-state index contributed by atoms with van der Waals surface area (Å²) in [6, 6.07) is -0.903. The Bertz CT molecular complexity index is 533. The van der Waals surface area contributed by atoms with Gasteiger partial charge in [-0.2, -0.15) is 0 Å². The highest BCUT2D eigenvalue weighted by Crippen LogP contribution is 2.09. The van der Waals surface area contributed by atoms with E-state index in [0.29, 0.717) is 0 Å². The van der Waals surface area contributed by atoms with E-state index in [4.69, 9.17) is 14.2 Å². The topological polar surface area (TPSA) is 117 Å². The summed E-state index contributed by atoms with van der Waals surface area (Å²) in [5.41, 5.74) is -0.693. The average molecular weight is 373 g/mol. The van der Waals surface area contributed by atoms with Gasteiger partial charge in [0.1, 0.15) is 24.9 Å². The molecule has 148 valence electrons. The molecule has 0 spiro atoms. The largest absolute Gasteiger partial charge is 0.466 e. The second-order valence-corrected chi connectivity index (χ2v) is 6.56. The maximum absolute atomic E-state index is 12.1. The second kappa shape index (κ2) is 11.1. The lowest BCUT2D eigenvalue weighted by Gasteiger charge is -2.24. The molecule has 0 bridgehead atoms. The highest BCUT2D eigenvalue weighted by molar-refractivity contribution is 5.91. The van der Waals surface area contributed by atoms with Crippen molar-refractivity contribution in [1.82, 2.24) is 5.32 Å². The highest BCUT2D eigenvalue weighted by Gasteiger charge is 2.28. The van der Waals surface area contributed by atoms with E-state index < -0.39 is 35.6 Å². The highest BCUT2D eigenvalue weighted by atomic mass is 16.6. The maximum atomic E-state index is 12.1. The van der Waals surface area contributed by atoms with Crippen LogP contribution in [0.15, 0.2) is 12.2 Å². The molecule has 0 saturated carbocycles. The van der Waals surface area contributed by atoms with E-state index in [2.05, 4.69) is 10.1 Å². The van der Waals surface area contributed by atoms with Gasteiger partial charge in [-0.25, -0.2) is 19.2 Å². The van der Waals surface area contributed by atoms with Crippen LogP contribution >= 0.6 is 0 Å². The number of carbonyl (C=O) groups excluding carboxylic acids is 4. The summed E-state index contributed by atoms with van der Waals surface area (Å²) in [5, 5.41) is 2.46. The quantitative estimate of drug-likeness (QED) is 0.293. The van der Waals surface area contributed by atoms with Crippen LogP contribution in [0.25, 0.3) is 0 Å². The van der Waals surface area contributed by atoms with Crippen molar-refractivity contribution in [1.29, 1.82) is 0 Å². The summed E-state index contributed by atoms with van der Waals surface area (Å²) in [4.78, 5) is 46.0. The summed E-state index contributed by atoms with van der Waals surface area (Å²) < 4.78 is 19.2. The Balaban J connectivity index is 4.35. The molecule has 0 saturated heterocycles. The maximum Gasteiger partial charge on any atom is 0.408 e. The van der Waals surface area contributed by atoms with Gasteiger partial charge in [0.15, 0.2) is 0 Å². The van der Waals surface area contributed by atoms with E-state index in [-0.39, 0.29) is 19.1 Å². The summed E-state index contributed by atoms with van der Waals surface area (Å²) in [6.07, 6.45) is 1.08. The van der Waals surface area contributed by atoms with Crippen LogP contribution in [0, 0.1) is 5.92 Å². The molecule has 1 amide bonds. The first-order chi connectivity index (χ1) is 12.0. The monoisotopic (exact) mass is 373 g/mol. The summed E-state index contributed by atoms with van der Waals surface area (Å²) in [5.74, 6) is -2.38. The molecular formula is C17H27NO8. The molecule has 0 aliphatic heterocycles. The number of alkyl carbamates (subject to hydrolysis) is 1. The third-order valence-corrected chi connectivity index (χ3v) is 2.72. The van der Waals surface area contributed by atoms with Crippen molar-refractivity contribution in [2.75, 3.05) is 20.3 Å². The second-order valence-electron chi connectivity index (χ2n) is 6.56. The number of carbonyl (C=O) groups is 4. The zero-order chi connectivity index (χ0) is 20.3. The number of ether oxygens (including phenoxy) is 4. The number of amides is 1. The molecule has 9 heteroatoms. The smallest absolute Gasteiger partial charge is 0.408 e. The van der Waals surface area contributed by atoms with Gasteiger partial charge in [0, 0.05) is 12.2 Å². The molecule has 26 heavy (non-hydrogen) atoms. The van der Waals surface area contributed by atoms with Gasteiger partial charge < -0.3 is 24.3 Å². The van der Waals surface area contributed by atoms with Gasteiger partial charge in [-0.1, -0.05) is 13.8 Å². The van der Waals surface area contributed by atoms with Crippen LogP contribution in [0.2, 0.25) is 0 Å². The molecule has 0 aliphatic rings. The molecule has 0 aromatic carbocycles. The Morgan fingerprint density at radius 2 is 1.50 bits per heavy atom. The fraction of sp³-hybridized carbons (Fsp3) is 0.647. The molecule has 0 heterocycles. The van der Waals surface area contributed by atoms with Gasteiger partial charge in [-0.05, 0) is 26.7 Å². The van der Waals surface area contributed by atoms with Gasteiger partial charge in [0.05, 0.1) is 7.11 Å². The number of esters is 3. The molecule has 1 atom stereocenters. The standard InChI is InChI=1S/C17H27NO8/c1-11(2)14(18-16(22)26-17(3,4)5)15(21)25-10-9-24-13(20)8-7-12(19)23-6/h7-8,11,14H,9-10H2,1-6H3,(H,18,22)/t14-/m0/s1. The Morgan fingerprint density at radius 3 is 2.00 bits per heavy atom. The lowest BCUT2D eigenvalue weighted by Crippen LogP contribution is -2.47. The Kier molecular flexibility index (Phi) is 10.0. The summed E-state index contributed by atoms with van der Waals surface area (Å²) >= 11 is 0. The number of hydrogen-bond acceptors (Lipinski definition) is 8. The van der Waals surface area contributed by atoms with Crippen LogP contribution < -0.4 is 5.32 Å². The van der Waals surface area contributed by atoms with E-state index in [9.17, 15) is 19.2 Å². The first kappa shape index (κ1) is 23.4. The molecule has 1 N–H and O–H groups in total. The fourth-order valence-corrected chi connectivity index (χ4v) is 1.56. The minimum atomic E-state index is -0.903. The van der Waals surface area contributed by atoms with E-state index >= 15 is 0 Å². The van der Waals surface area contributed by atoms with Crippen LogP contribution in [0.5, 0.6) is 0 Å². The van der Waals surface area contributed by atoms with E-state index in [1.165, 1.54) is 7.11 Å². The van der Waals surface area contributed by atoms with Gasteiger partial charge in [-0.15, -0.1) is 0 Å². The zero-order valence-electron chi connectivity index (χ0n) is 16.0. The molecule has 0 radical (unpaired) electrons. The van der Waals surface area contributed by atoms with E-state index in [1.807, 2.05) is 0 Å². The molecule has 0 aliphatic carbocycles. The van der Waals surface area contributed by atoms with Crippen molar-refractivity contribution in [3.63, 3.8) is 0 Å². The predicted octanol–water partition coefficient (Wildman–Crippen LogP) is 1.35. The number of hydrogen-bond donors (Lipinski definition) is 1. The van der Waals surface area contributed by atoms with E-state index in [0.717, 1.165) is 12.2 Å². The first-order valence-electron chi connectivity index (χ1n) is 8.05. The van der Waals surface area contributed by atoms with Crippen molar-refractivity contribution < 1.29 is 38.1 Å². The average Bonchev–Trinajstić information content (AvgIpc) is 2.52. The molecule has 0 unspecified atom stereocenters. The predicted molar refractivity (Wildman–Crippen MR) is 91.1 cm³/mol. The molecule has 0 fully saturated rings. The number of rotatable bonds is 8. The Labute approximate surface area is 153 Å². The van der Waals surface area contributed by atoms with Crippen molar-refractivity contribution in [3.8, 4) is 0 Å². The van der Waals surface area contributed by atoms with Crippen molar-refractivity contribution in [2.45, 2.75) is 46.3 Å². The van der Waals surface area contributed by atoms with Gasteiger partial charge in [-0.3, -0.25) is 0 Å². The molecule has 0 aromatic heterocycles. The Hall–Kier alpha value is -2.58. The lowest BCUT2D eigenvalue weighted by atomic mass is 10.1. The Morgan fingerprint density at radius 1 is 0.962 bits per heavy atom. The van der Waals surface area contributed by atoms with Gasteiger partial charge in [0.2, 0.25) is 0 Å². The number of nitrogens with one attached hydrogen (secondary N) is 1. The molecular weight excluding hydrogens is 346 g/mol. The lowest BCUT2D eigenvalue weighted by molar-refractivity contribution is -0.152. The van der Waals surface area contributed by atoms with Crippen molar-refractivity contribution in [3.05, 3.63) is 12.2 Å². The van der Waals surface area contributed by atoms with Crippen molar-refractivity contribution >= 4 is 24.0 Å². The normalized spacial score (nSPS) is 12.4. The van der Waals surface area contributed by atoms with E-state index in [1.54, 1.807) is 34.6 Å². The zero-order valence-corrected chi connectivity index (χ0v) is 16.0. The molecule has 0 rings (SSSR count).